The highest BCUT2D eigenvalue weighted by Gasteiger charge is 2.94. The molecule has 832 valence electrons. The molecule has 0 spiro atoms. The minimum absolute atomic E-state index is 0.0799. The van der Waals surface area contributed by atoms with Gasteiger partial charge in [-0.1, -0.05) is 189 Å². The van der Waals surface area contributed by atoms with Gasteiger partial charge >= 0.3 is 78.1 Å². The molecule has 0 saturated carbocycles. The molecule has 0 aliphatic heterocycles. The van der Waals surface area contributed by atoms with Crippen molar-refractivity contribution >= 4 is 132 Å². The number of hydrogen-bond acceptors (Lipinski definition) is 27. The first kappa shape index (κ1) is 160. The molecule has 1 unspecified atom stereocenters. The third kappa shape index (κ3) is 101. The van der Waals surface area contributed by atoms with E-state index in [-0.39, 0.29) is 65.0 Å². The van der Waals surface area contributed by atoms with Crippen LogP contribution in [0, 0.1) is 5.92 Å². The number of alkyl halides is 20. The maximum Gasteiger partial charge on any atom is 0.438 e. The zero-order chi connectivity index (χ0) is 112. The summed E-state index contributed by atoms with van der Waals surface area (Å²) in [6, 6.07) is 0. The standard InChI is InChI=1S/C12H26O3S.C8H4F14O3S.2C8H18O3S.C6H14O3S.C4H4F6O3S.C4H10O3S.C3H8O4S.C3H6O3S.C2H6O3S.C2H4O3S.2CH4O3S/c1-2-3-4-5-6-7-8-9-10-11-12-16(13,14)15;1-2(9,10)3(11,12)4(13,14)5(15,16)6(17,18)7(19,20)8(21,22)26(23,24)25;1-3-5-6-8(4-2)7-12(9,10)11;1-2-3-4-5-6-7-8-12(9,10)11;1-2-3-4-5-6-10(7,8)9;1-2(5,6)3(7,8)4(9,10)14(11,12)13;1-2-3-4-8(5,6)7;4-2-1-3-8(5,6)7;1-2-3-7(4,5)6;2*1-2-6(3,4)5;2*1-5(2,3)4/h2-12H2,1H3,(H,13,14,15);1H3,(H,23,24,25);8H,3-7H2,1-2H3,(H,9,10,11);2-8H2,1H3,(H,9,10,11);2-6H2,1H3,(H,7,8,9);1H3,(H,11,12,13);2-4H2,1H3,(H,5,6,7);4H,1-3H2,(H,5,6,7);2H,1,3H2,(H,4,5,6);2H2,1H3,(H,3,4,5);2H,1H2,(H,3,4,5);2*1H3,(H,2,3,4). The van der Waals surface area contributed by atoms with E-state index < -0.39 is 203 Å². The van der Waals surface area contributed by atoms with Gasteiger partial charge in [-0.05, 0) is 51.4 Å². The number of unbranched alkanes of at least 4 members (excludes halogenated alkanes) is 19. The van der Waals surface area contributed by atoms with Gasteiger partial charge in [0.25, 0.3) is 111 Å². The van der Waals surface area contributed by atoms with Gasteiger partial charge in [-0.25, -0.2) is 0 Å². The Kier molecular flexibility index (Phi) is 84.5. The van der Waals surface area contributed by atoms with Gasteiger partial charge in [-0.2, -0.15) is 197 Å². The molecular weight excluding hydrogens is 2180 g/mol. The van der Waals surface area contributed by atoms with Crippen LogP contribution < -0.4 is 0 Å². The van der Waals surface area contributed by atoms with Crippen molar-refractivity contribution in [3.63, 3.8) is 0 Å². The van der Waals surface area contributed by atoms with Crippen LogP contribution in [0.25, 0.3) is 0 Å². The lowest BCUT2D eigenvalue weighted by Gasteiger charge is -2.41. The van der Waals surface area contributed by atoms with Crippen molar-refractivity contribution in [2.45, 2.75) is 294 Å². The first-order chi connectivity index (χ1) is 59.0. The van der Waals surface area contributed by atoms with E-state index in [0.29, 0.717) is 43.6 Å². The summed E-state index contributed by atoms with van der Waals surface area (Å²) in [4.78, 5) is 0. The summed E-state index contributed by atoms with van der Waals surface area (Å²) in [5.74, 6) is -59.4. The Bertz CT molecular complexity index is 4690. The molecule has 0 aromatic carbocycles. The fourth-order valence-electron chi connectivity index (χ4n) is 7.10. The number of halogens is 20. The molecule has 14 N–H and O–H groups in total. The molecule has 0 radical (unpaired) electrons. The normalized spacial score (nSPS) is 13.3. The Labute approximate surface area is 777 Å². The molecule has 0 bridgehead atoms. The first-order valence-electron chi connectivity index (χ1n) is 38.0. The van der Waals surface area contributed by atoms with Crippen molar-refractivity contribution in [2.75, 3.05) is 65.1 Å². The second kappa shape index (κ2) is 71.4. The van der Waals surface area contributed by atoms with Gasteiger partial charge in [0.15, 0.2) is 0 Å². The molecule has 0 rings (SSSR count). The molecule has 0 aromatic heterocycles. The summed E-state index contributed by atoms with van der Waals surface area (Å²) < 4.78 is 611. The molecule has 135 heavy (non-hydrogen) atoms. The number of aliphatic hydroxyl groups excluding tert-OH is 1. The number of rotatable bonds is 49. The van der Waals surface area contributed by atoms with E-state index in [1.807, 2.05) is 20.8 Å². The highest BCUT2D eigenvalue weighted by molar-refractivity contribution is 7.89. The predicted molar refractivity (Wildman–Crippen MR) is 457 cm³/mol. The molecule has 0 amide bonds. The lowest BCUT2D eigenvalue weighted by Crippen LogP contribution is -2.73. The Morgan fingerprint density at radius 3 is 0.622 bits per heavy atom. The summed E-state index contributed by atoms with van der Waals surface area (Å²) >= 11 is 0. The fourth-order valence-corrected chi connectivity index (χ4v) is 12.2. The SMILES string of the molecule is C=CCS(=O)(=O)O.C=CS(=O)(=O)O.CC(F)(F)C(F)(F)C(F)(F)C(F)(F)C(F)(F)C(F)(F)C(F)(F)S(=O)(=O)O.CC(F)(F)C(F)(F)C(F)(F)S(=O)(=O)O.CCCCC(CC)CS(=O)(=O)O.CCCCCCCCCCCCS(=O)(=O)O.CCCCCCCCS(=O)(=O)O.CCCCCCS(=O)(=O)O.CCCCS(=O)(=O)O.CCS(=O)(=O)O.CS(=O)(=O)O.CS(=O)(=O)O.O=S(=O)(O)CCCO. The van der Waals surface area contributed by atoms with Gasteiger partial charge in [-0.3, -0.25) is 59.2 Å². The molecule has 1 atom stereocenters. The average molecular weight is 2310 g/mol. The molecule has 0 saturated heterocycles. The van der Waals surface area contributed by atoms with E-state index in [4.69, 9.17) is 64.3 Å². The topological polar surface area (TPSA) is 727 Å². The van der Waals surface area contributed by atoms with Crippen LogP contribution in [0.2, 0.25) is 0 Å². The first-order valence-corrected chi connectivity index (χ1v) is 58.9. The van der Waals surface area contributed by atoms with E-state index in [9.17, 15) is 197 Å². The second-order valence-electron chi connectivity index (χ2n) is 27.3. The van der Waals surface area contributed by atoms with Crippen molar-refractivity contribution < 1.29 is 262 Å². The largest absolute Gasteiger partial charge is 0.438 e. The number of hydrogen-bond donors (Lipinski definition) is 14. The maximum absolute atomic E-state index is 13.0. The van der Waals surface area contributed by atoms with Gasteiger partial charge in [0, 0.05) is 20.5 Å². The van der Waals surface area contributed by atoms with Crippen molar-refractivity contribution in [1.29, 1.82) is 0 Å². The lowest BCUT2D eigenvalue weighted by atomic mass is 9.92. The van der Waals surface area contributed by atoms with Gasteiger partial charge < -0.3 is 5.11 Å². The quantitative estimate of drug-likeness (QED) is 0.0116. The van der Waals surface area contributed by atoms with Crippen LogP contribution in [-0.4, -0.2) is 297 Å². The van der Waals surface area contributed by atoms with E-state index in [0.717, 1.165) is 83.1 Å². The van der Waals surface area contributed by atoms with Crippen molar-refractivity contribution in [3.8, 4) is 0 Å². The minimum Gasteiger partial charge on any atom is -0.396 e. The van der Waals surface area contributed by atoms with E-state index >= 15 is 0 Å². The van der Waals surface area contributed by atoms with Crippen LogP contribution in [0.3, 0.4) is 0 Å². The van der Waals surface area contributed by atoms with Crippen LogP contribution in [0.1, 0.15) is 236 Å². The summed E-state index contributed by atoms with van der Waals surface area (Å²) in [6.07, 6.45) is 29.2. The van der Waals surface area contributed by atoms with Gasteiger partial charge in [-0.15, -0.1) is 6.58 Å². The summed E-state index contributed by atoms with van der Waals surface area (Å²) in [5.41, 5.74) is 0. The van der Waals surface area contributed by atoms with Gasteiger partial charge in [0.05, 0.1) is 63.9 Å². The number of aliphatic hydroxyl groups is 1. The Balaban J connectivity index is -0.000000112. The molecule has 0 aliphatic rings. The van der Waals surface area contributed by atoms with Gasteiger partial charge in [0.2, 0.25) is 0 Å². The summed E-state index contributed by atoms with van der Waals surface area (Å²) in [7, 11) is -55.4. The molecule has 40 nitrogen and oxygen atoms in total. The van der Waals surface area contributed by atoms with Gasteiger partial charge in [0.1, 0.15) is 0 Å². The highest BCUT2D eigenvalue weighted by Crippen LogP contribution is 2.63. The Hall–Kier alpha value is -3.13. The summed E-state index contributed by atoms with van der Waals surface area (Å²) in [5, 5.41) is -5.32. The van der Waals surface area contributed by atoms with Crippen LogP contribution in [0.15, 0.2) is 24.6 Å². The van der Waals surface area contributed by atoms with Crippen molar-refractivity contribution in [3.05, 3.63) is 24.6 Å². The minimum atomic E-state index is -8.38. The van der Waals surface area contributed by atoms with Crippen molar-refractivity contribution in [1.82, 2.24) is 0 Å². The lowest BCUT2D eigenvalue weighted by molar-refractivity contribution is -0.434. The molecule has 0 aliphatic carbocycles. The molecule has 0 heterocycles. The van der Waals surface area contributed by atoms with Crippen molar-refractivity contribution in [2.24, 2.45) is 5.92 Å². The molecular formula is C62H126F20O40S13. The Morgan fingerprint density at radius 2 is 0.474 bits per heavy atom. The molecule has 0 aromatic rings. The summed E-state index contributed by atoms with van der Waals surface area (Å²) in [6.45, 7) is 17.6. The van der Waals surface area contributed by atoms with E-state index in [1.54, 1.807) is 0 Å². The third-order valence-corrected chi connectivity index (χ3v) is 22.6. The zero-order valence-corrected chi connectivity index (χ0v) is 85.0. The second-order valence-corrected chi connectivity index (χ2v) is 47.1. The van der Waals surface area contributed by atoms with E-state index in [2.05, 4.69) is 33.9 Å². The van der Waals surface area contributed by atoms with Crippen LogP contribution in [0.4, 0.5) is 87.8 Å². The highest BCUT2D eigenvalue weighted by atomic mass is 32.3. The fraction of sp³-hybridized carbons (Fsp3) is 0.935. The van der Waals surface area contributed by atoms with Crippen LogP contribution in [0.5, 0.6) is 0 Å². The Morgan fingerprint density at radius 1 is 0.274 bits per heavy atom. The van der Waals surface area contributed by atoms with Crippen LogP contribution in [-0.2, 0) is 132 Å². The zero-order valence-electron chi connectivity index (χ0n) is 74.3. The molecule has 0 fully saturated rings. The van der Waals surface area contributed by atoms with E-state index in [1.165, 1.54) is 71.1 Å². The third-order valence-electron chi connectivity index (χ3n) is 14.0. The average Bonchev–Trinajstić information content (AvgIpc) is 0.695. The maximum atomic E-state index is 13.0. The molecule has 73 heteroatoms. The smallest absolute Gasteiger partial charge is 0.396 e. The van der Waals surface area contributed by atoms with Crippen LogP contribution >= 0.6 is 0 Å². The predicted octanol–water partition coefficient (Wildman–Crippen LogP) is 14.5. The monoisotopic (exact) mass is 2310 g/mol.